The van der Waals surface area contributed by atoms with Crippen molar-refractivity contribution in [2.45, 2.75) is 0 Å². The summed E-state index contributed by atoms with van der Waals surface area (Å²) >= 11 is 3.21. The Morgan fingerprint density at radius 1 is 1.59 bits per heavy atom. The normalized spacial score (nSPS) is 10.2. The Morgan fingerprint density at radius 3 is 2.88 bits per heavy atom. The Morgan fingerprint density at radius 2 is 2.29 bits per heavy atom. The predicted molar refractivity (Wildman–Crippen MR) is 65.4 cm³/mol. The van der Waals surface area contributed by atoms with Gasteiger partial charge in [0.1, 0.15) is 0 Å². The molecular formula is C10H9BrN2O4. The molecule has 0 saturated carbocycles. The zero-order valence-corrected chi connectivity index (χ0v) is 10.4. The van der Waals surface area contributed by atoms with Crippen LogP contribution in [-0.2, 0) is 4.74 Å². The highest BCUT2D eigenvalue weighted by atomic mass is 79.9. The van der Waals surface area contributed by atoms with Crippen molar-refractivity contribution in [1.82, 2.24) is 5.32 Å². The number of carbonyl (C=O) groups excluding carboxylic acids is 1. The van der Waals surface area contributed by atoms with Gasteiger partial charge in [-0.1, -0.05) is 15.9 Å². The summed E-state index contributed by atoms with van der Waals surface area (Å²) in [4.78, 5) is 21.0. The van der Waals surface area contributed by atoms with Crippen molar-refractivity contribution in [2.24, 2.45) is 0 Å². The van der Waals surface area contributed by atoms with Gasteiger partial charge in [0.25, 0.3) is 5.69 Å². The molecule has 1 aromatic rings. The highest BCUT2D eigenvalue weighted by molar-refractivity contribution is 9.10. The van der Waals surface area contributed by atoms with Crippen LogP contribution >= 0.6 is 15.9 Å². The third-order valence-corrected chi connectivity index (χ3v) is 2.33. The van der Waals surface area contributed by atoms with Gasteiger partial charge in [-0.3, -0.25) is 15.4 Å². The van der Waals surface area contributed by atoms with E-state index in [0.717, 1.165) is 0 Å². The van der Waals surface area contributed by atoms with Crippen LogP contribution in [0.25, 0.3) is 6.08 Å². The number of nitro benzene ring substituents is 1. The molecule has 0 aliphatic rings. The van der Waals surface area contributed by atoms with Gasteiger partial charge < -0.3 is 4.74 Å². The first-order valence-electron chi connectivity index (χ1n) is 4.49. The van der Waals surface area contributed by atoms with E-state index >= 15 is 0 Å². The number of nitrogens with zero attached hydrogens (tertiary/aromatic N) is 1. The average Bonchev–Trinajstić information content (AvgIpc) is 2.28. The maximum absolute atomic E-state index is 10.8. The van der Waals surface area contributed by atoms with Gasteiger partial charge in [-0.05, 0) is 18.2 Å². The third-order valence-electron chi connectivity index (χ3n) is 1.84. The van der Waals surface area contributed by atoms with E-state index in [1.807, 2.05) is 0 Å². The molecule has 17 heavy (non-hydrogen) atoms. The Bertz CT molecular complexity index is 473. The lowest BCUT2D eigenvalue weighted by atomic mass is 10.2. The zero-order chi connectivity index (χ0) is 12.8. The molecule has 0 unspecified atom stereocenters. The summed E-state index contributed by atoms with van der Waals surface area (Å²) in [5, 5.41) is 13.0. The van der Waals surface area contributed by atoms with Gasteiger partial charge in [-0.25, -0.2) is 4.79 Å². The highest BCUT2D eigenvalue weighted by Gasteiger charge is 2.11. The maximum Gasteiger partial charge on any atom is 0.410 e. The van der Waals surface area contributed by atoms with E-state index < -0.39 is 11.0 Å². The second kappa shape index (κ2) is 6.00. The van der Waals surface area contributed by atoms with Gasteiger partial charge in [-0.15, -0.1) is 0 Å². The van der Waals surface area contributed by atoms with Gasteiger partial charge in [0.15, 0.2) is 0 Å². The van der Waals surface area contributed by atoms with Crippen LogP contribution in [0.1, 0.15) is 5.56 Å². The van der Waals surface area contributed by atoms with Crippen LogP contribution in [0.2, 0.25) is 0 Å². The molecule has 1 aromatic carbocycles. The molecule has 0 saturated heterocycles. The summed E-state index contributed by atoms with van der Waals surface area (Å²) in [7, 11) is 1.23. The summed E-state index contributed by atoms with van der Waals surface area (Å²) in [6, 6.07) is 4.53. The highest BCUT2D eigenvalue weighted by Crippen LogP contribution is 2.23. The van der Waals surface area contributed by atoms with Crippen LogP contribution in [-0.4, -0.2) is 18.1 Å². The zero-order valence-electron chi connectivity index (χ0n) is 8.84. The third kappa shape index (κ3) is 3.87. The van der Waals surface area contributed by atoms with Crippen molar-refractivity contribution in [3.05, 3.63) is 44.5 Å². The number of ether oxygens (including phenoxy) is 1. The number of hydrogen-bond acceptors (Lipinski definition) is 4. The van der Waals surface area contributed by atoms with Crippen molar-refractivity contribution < 1.29 is 14.5 Å². The second-order valence-electron chi connectivity index (χ2n) is 2.93. The average molecular weight is 301 g/mol. The Labute approximate surface area is 106 Å². The molecule has 0 radical (unpaired) electrons. The van der Waals surface area contributed by atoms with Gasteiger partial charge in [0.2, 0.25) is 0 Å². The number of nitrogens with one attached hydrogen (secondary N) is 1. The smallest absolute Gasteiger partial charge is 0.410 e. The predicted octanol–water partition coefficient (Wildman–Crippen LogP) is 2.68. The number of rotatable bonds is 3. The topological polar surface area (TPSA) is 81.5 Å². The fourth-order valence-electron chi connectivity index (χ4n) is 1.08. The fourth-order valence-corrected chi connectivity index (χ4v) is 1.46. The Hall–Kier alpha value is -1.89. The van der Waals surface area contributed by atoms with Gasteiger partial charge in [0.05, 0.1) is 17.6 Å². The van der Waals surface area contributed by atoms with Gasteiger partial charge in [0, 0.05) is 16.7 Å². The van der Waals surface area contributed by atoms with Crippen LogP contribution in [0.15, 0.2) is 28.9 Å². The SMILES string of the molecule is COC(=O)NC=Cc1cc(Br)ccc1[N+](=O)[O-]. The summed E-state index contributed by atoms with van der Waals surface area (Å²) in [6.45, 7) is 0. The molecule has 0 atom stereocenters. The fraction of sp³-hybridized carbons (Fsp3) is 0.100. The molecule has 0 fully saturated rings. The number of halogens is 1. The van der Waals surface area contributed by atoms with Crippen LogP contribution in [0.3, 0.4) is 0 Å². The summed E-state index contributed by atoms with van der Waals surface area (Å²) in [5.41, 5.74) is 0.330. The number of amides is 1. The van der Waals surface area contributed by atoms with E-state index in [9.17, 15) is 14.9 Å². The van der Waals surface area contributed by atoms with E-state index in [-0.39, 0.29) is 5.69 Å². The molecule has 0 aromatic heterocycles. The van der Waals surface area contributed by atoms with Crippen molar-refractivity contribution in [2.75, 3.05) is 7.11 Å². The first-order chi connectivity index (χ1) is 8.04. The summed E-state index contributed by atoms with van der Waals surface area (Å²) in [6.07, 6.45) is 2.05. The molecule has 0 bridgehead atoms. The largest absolute Gasteiger partial charge is 0.453 e. The minimum Gasteiger partial charge on any atom is -0.453 e. The molecule has 0 aliphatic heterocycles. The molecule has 7 heteroatoms. The Balaban J connectivity index is 2.92. The van der Waals surface area contributed by atoms with E-state index in [4.69, 9.17) is 0 Å². The number of benzene rings is 1. The molecule has 0 spiro atoms. The van der Waals surface area contributed by atoms with Crippen molar-refractivity contribution in [3.8, 4) is 0 Å². The van der Waals surface area contributed by atoms with Crippen molar-refractivity contribution >= 4 is 33.8 Å². The van der Waals surface area contributed by atoms with Crippen LogP contribution in [0, 0.1) is 10.1 Å². The van der Waals surface area contributed by atoms with Gasteiger partial charge >= 0.3 is 6.09 Å². The van der Waals surface area contributed by atoms with E-state index in [1.165, 1.54) is 25.5 Å². The minimum absolute atomic E-state index is 0.0453. The summed E-state index contributed by atoms with van der Waals surface area (Å²) in [5.74, 6) is 0. The lowest BCUT2D eigenvalue weighted by molar-refractivity contribution is -0.385. The number of nitro groups is 1. The standard InChI is InChI=1S/C10H9BrN2O4/c1-17-10(14)12-5-4-7-6-8(11)2-3-9(7)13(15)16/h2-6H,1H3,(H,12,14). The molecule has 0 aliphatic carbocycles. The van der Waals surface area contributed by atoms with Crippen LogP contribution in [0.4, 0.5) is 10.5 Å². The van der Waals surface area contributed by atoms with Gasteiger partial charge in [-0.2, -0.15) is 0 Å². The number of carbonyl (C=O) groups is 1. The first-order valence-corrected chi connectivity index (χ1v) is 5.29. The monoisotopic (exact) mass is 300 g/mol. The number of alkyl carbamates (subject to hydrolysis) is 1. The van der Waals surface area contributed by atoms with Crippen molar-refractivity contribution in [1.29, 1.82) is 0 Å². The molecule has 1 rings (SSSR count). The van der Waals surface area contributed by atoms with E-state index in [1.54, 1.807) is 12.1 Å². The lowest BCUT2D eigenvalue weighted by Gasteiger charge is -1.99. The number of hydrogen-bond donors (Lipinski definition) is 1. The molecule has 1 N–H and O–H groups in total. The van der Waals surface area contributed by atoms with E-state index in [2.05, 4.69) is 26.0 Å². The molecule has 0 heterocycles. The molecule has 6 nitrogen and oxygen atoms in total. The number of methoxy groups -OCH3 is 1. The lowest BCUT2D eigenvalue weighted by Crippen LogP contribution is -2.15. The van der Waals surface area contributed by atoms with Crippen LogP contribution in [0.5, 0.6) is 0 Å². The first kappa shape index (κ1) is 13.2. The quantitative estimate of drug-likeness (QED) is 0.687. The maximum atomic E-state index is 10.8. The van der Waals surface area contributed by atoms with E-state index in [0.29, 0.717) is 10.0 Å². The molecular weight excluding hydrogens is 292 g/mol. The van der Waals surface area contributed by atoms with Crippen LogP contribution < -0.4 is 5.32 Å². The van der Waals surface area contributed by atoms with Crippen molar-refractivity contribution in [3.63, 3.8) is 0 Å². The Kier molecular flexibility index (Phi) is 4.65. The molecule has 90 valence electrons. The minimum atomic E-state index is -0.640. The summed E-state index contributed by atoms with van der Waals surface area (Å²) < 4.78 is 5.05. The second-order valence-corrected chi connectivity index (χ2v) is 3.85. The molecule has 1 amide bonds.